The van der Waals surface area contributed by atoms with Crippen LogP contribution < -0.4 is 15.0 Å². The van der Waals surface area contributed by atoms with E-state index in [1.54, 1.807) is 42.0 Å². The van der Waals surface area contributed by atoms with Gasteiger partial charge in [-0.25, -0.2) is 9.78 Å². The van der Waals surface area contributed by atoms with Gasteiger partial charge in [0.1, 0.15) is 17.3 Å². The second-order valence-corrected chi connectivity index (χ2v) is 7.36. The normalized spacial score (nSPS) is 10.7. The van der Waals surface area contributed by atoms with E-state index in [0.29, 0.717) is 47.6 Å². The van der Waals surface area contributed by atoms with Crippen molar-refractivity contribution in [3.05, 3.63) is 88.7 Å². The number of methoxy groups -OCH3 is 2. The van der Waals surface area contributed by atoms with Crippen molar-refractivity contribution in [3.8, 4) is 22.9 Å². The molecule has 0 saturated heterocycles. The van der Waals surface area contributed by atoms with Gasteiger partial charge in [-0.15, -0.1) is 0 Å². The van der Waals surface area contributed by atoms with Crippen LogP contribution in [0.3, 0.4) is 0 Å². The monoisotopic (exact) mass is 444 g/mol. The molecule has 0 unspecified atom stereocenters. The van der Waals surface area contributed by atoms with Crippen molar-refractivity contribution in [3.63, 3.8) is 0 Å². The molecule has 7 nitrogen and oxygen atoms in total. The van der Waals surface area contributed by atoms with Crippen molar-refractivity contribution in [1.82, 2.24) is 9.55 Å². The van der Waals surface area contributed by atoms with Crippen molar-refractivity contribution in [1.29, 1.82) is 0 Å². The third-order valence-electron chi connectivity index (χ3n) is 5.28. The predicted molar refractivity (Wildman–Crippen MR) is 126 cm³/mol. The summed E-state index contributed by atoms with van der Waals surface area (Å²) in [5.74, 6) is 1.58. The Balaban J connectivity index is 1.54. The third-order valence-corrected chi connectivity index (χ3v) is 5.28. The van der Waals surface area contributed by atoms with Crippen molar-refractivity contribution < 1.29 is 19.0 Å². The van der Waals surface area contributed by atoms with E-state index in [0.717, 1.165) is 11.3 Å². The maximum absolute atomic E-state index is 13.3. The van der Waals surface area contributed by atoms with E-state index < -0.39 is 5.97 Å². The highest BCUT2D eigenvalue weighted by Gasteiger charge is 2.13. The van der Waals surface area contributed by atoms with Crippen molar-refractivity contribution in [2.75, 3.05) is 20.8 Å². The molecular weight excluding hydrogens is 420 g/mol. The van der Waals surface area contributed by atoms with Gasteiger partial charge >= 0.3 is 5.97 Å². The molecule has 168 valence electrons. The molecule has 0 spiro atoms. The van der Waals surface area contributed by atoms with E-state index in [4.69, 9.17) is 19.2 Å². The Morgan fingerprint density at radius 1 is 0.909 bits per heavy atom. The SMILES string of the molecule is COC(=O)c1ccc(OCCCn2c(-c3ccc(OC)cc3)nc3ccccc3c2=O)cc1. The molecule has 0 saturated carbocycles. The van der Waals surface area contributed by atoms with Crippen LogP contribution in [-0.2, 0) is 11.3 Å². The molecule has 0 radical (unpaired) electrons. The highest BCUT2D eigenvalue weighted by atomic mass is 16.5. The van der Waals surface area contributed by atoms with Gasteiger partial charge < -0.3 is 14.2 Å². The lowest BCUT2D eigenvalue weighted by Crippen LogP contribution is -2.24. The summed E-state index contributed by atoms with van der Waals surface area (Å²) in [6, 6.07) is 21.6. The molecule has 33 heavy (non-hydrogen) atoms. The Kier molecular flexibility index (Phi) is 6.69. The minimum atomic E-state index is -0.393. The van der Waals surface area contributed by atoms with Crippen LogP contribution in [0.1, 0.15) is 16.8 Å². The molecule has 4 aromatic rings. The molecule has 0 amide bonds. The third kappa shape index (κ3) is 4.87. The van der Waals surface area contributed by atoms with Crippen LogP contribution in [0.5, 0.6) is 11.5 Å². The molecule has 0 N–H and O–H groups in total. The molecule has 3 aromatic carbocycles. The van der Waals surface area contributed by atoms with Gasteiger partial charge in [0.2, 0.25) is 0 Å². The van der Waals surface area contributed by atoms with Crippen LogP contribution in [0.4, 0.5) is 0 Å². The van der Waals surface area contributed by atoms with Crippen molar-refractivity contribution >= 4 is 16.9 Å². The fourth-order valence-corrected chi connectivity index (χ4v) is 3.55. The second-order valence-electron chi connectivity index (χ2n) is 7.36. The average Bonchev–Trinajstić information content (AvgIpc) is 2.87. The number of ether oxygens (including phenoxy) is 3. The largest absolute Gasteiger partial charge is 0.497 e. The first-order valence-corrected chi connectivity index (χ1v) is 10.6. The number of carbonyl (C=O) groups is 1. The molecule has 0 bridgehead atoms. The number of carbonyl (C=O) groups excluding carboxylic acids is 1. The number of esters is 1. The smallest absolute Gasteiger partial charge is 0.337 e. The Bertz CT molecular complexity index is 1310. The molecule has 0 aliphatic rings. The Labute approximate surface area is 191 Å². The lowest BCUT2D eigenvalue weighted by Gasteiger charge is -2.14. The second kappa shape index (κ2) is 9.99. The maximum atomic E-state index is 13.3. The van der Waals surface area contributed by atoms with Crippen LogP contribution in [0.15, 0.2) is 77.6 Å². The van der Waals surface area contributed by atoms with Gasteiger partial charge in [-0.1, -0.05) is 12.1 Å². The summed E-state index contributed by atoms with van der Waals surface area (Å²) in [4.78, 5) is 29.6. The van der Waals surface area contributed by atoms with Crippen molar-refractivity contribution in [2.45, 2.75) is 13.0 Å². The van der Waals surface area contributed by atoms with E-state index in [1.165, 1.54) is 7.11 Å². The molecule has 0 atom stereocenters. The average molecular weight is 444 g/mol. The lowest BCUT2D eigenvalue weighted by atomic mass is 10.1. The van der Waals surface area contributed by atoms with Gasteiger partial charge in [0, 0.05) is 12.1 Å². The summed E-state index contributed by atoms with van der Waals surface area (Å²) in [5.41, 5.74) is 1.86. The number of nitrogens with zero attached hydrogens (tertiary/aromatic N) is 2. The zero-order valence-corrected chi connectivity index (χ0v) is 18.5. The number of benzene rings is 3. The molecule has 7 heteroatoms. The van der Waals surface area contributed by atoms with Crippen LogP contribution in [0.2, 0.25) is 0 Å². The number of hydrogen-bond donors (Lipinski definition) is 0. The zero-order valence-electron chi connectivity index (χ0n) is 18.5. The van der Waals surface area contributed by atoms with E-state index >= 15 is 0 Å². The lowest BCUT2D eigenvalue weighted by molar-refractivity contribution is 0.0600. The summed E-state index contributed by atoms with van der Waals surface area (Å²) < 4.78 is 17.4. The van der Waals surface area contributed by atoms with E-state index in [1.807, 2.05) is 42.5 Å². The number of rotatable bonds is 8. The standard InChI is InChI=1S/C26H24N2O5/c1-31-20-12-8-18(9-13-20)24-27-23-7-4-3-6-22(23)25(29)28(24)16-5-17-33-21-14-10-19(11-15-21)26(30)32-2/h3-4,6-15H,5,16-17H2,1-2H3. The Hall–Kier alpha value is -4.13. The van der Waals surface area contributed by atoms with Crippen LogP contribution in [0, 0.1) is 0 Å². The molecule has 0 aliphatic heterocycles. The first kappa shape index (κ1) is 22.1. The molecule has 4 rings (SSSR count). The first-order chi connectivity index (χ1) is 16.1. The summed E-state index contributed by atoms with van der Waals surface area (Å²) >= 11 is 0. The summed E-state index contributed by atoms with van der Waals surface area (Å²) in [5, 5.41) is 0.578. The number of para-hydroxylation sites is 1. The van der Waals surface area contributed by atoms with Crippen LogP contribution in [-0.4, -0.2) is 36.3 Å². The van der Waals surface area contributed by atoms with Gasteiger partial charge in [0.15, 0.2) is 0 Å². The molecular formula is C26H24N2O5. The van der Waals surface area contributed by atoms with Gasteiger partial charge in [-0.2, -0.15) is 0 Å². The maximum Gasteiger partial charge on any atom is 0.337 e. The van der Waals surface area contributed by atoms with E-state index in [-0.39, 0.29) is 5.56 Å². The fraction of sp³-hybridized carbons (Fsp3) is 0.192. The van der Waals surface area contributed by atoms with E-state index in [2.05, 4.69) is 0 Å². The Morgan fingerprint density at radius 3 is 2.30 bits per heavy atom. The minimum absolute atomic E-state index is 0.0890. The van der Waals surface area contributed by atoms with Gasteiger partial charge in [0.05, 0.1) is 37.3 Å². The highest BCUT2D eigenvalue weighted by molar-refractivity contribution is 5.89. The number of hydrogen-bond acceptors (Lipinski definition) is 6. The summed E-state index contributed by atoms with van der Waals surface area (Å²) in [6.45, 7) is 0.844. The summed E-state index contributed by atoms with van der Waals surface area (Å²) in [7, 11) is 2.96. The van der Waals surface area contributed by atoms with Crippen LogP contribution >= 0.6 is 0 Å². The number of aromatic nitrogens is 2. The molecule has 0 fully saturated rings. The minimum Gasteiger partial charge on any atom is -0.497 e. The molecule has 1 heterocycles. The topological polar surface area (TPSA) is 79.7 Å². The zero-order chi connectivity index (χ0) is 23.2. The van der Waals surface area contributed by atoms with Gasteiger partial charge in [-0.05, 0) is 67.1 Å². The van der Waals surface area contributed by atoms with E-state index in [9.17, 15) is 9.59 Å². The van der Waals surface area contributed by atoms with Gasteiger partial charge in [0.25, 0.3) is 5.56 Å². The molecule has 1 aromatic heterocycles. The van der Waals surface area contributed by atoms with Crippen molar-refractivity contribution in [2.24, 2.45) is 0 Å². The fourth-order valence-electron chi connectivity index (χ4n) is 3.55. The Morgan fingerprint density at radius 2 is 1.61 bits per heavy atom. The van der Waals surface area contributed by atoms with Gasteiger partial charge in [-0.3, -0.25) is 9.36 Å². The molecule has 0 aliphatic carbocycles. The quantitative estimate of drug-likeness (QED) is 0.297. The predicted octanol–water partition coefficient (Wildman–Crippen LogP) is 4.33. The first-order valence-electron chi connectivity index (χ1n) is 10.6. The number of fused-ring (bicyclic) bond motifs is 1. The van der Waals surface area contributed by atoms with Crippen LogP contribution in [0.25, 0.3) is 22.3 Å². The summed E-state index contributed by atoms with van der Waals surface area (Å²) in [6.07, 6.45) is 0.599. The highest BCUT2D eigenvalue weighted by Crippen LogP contribution is 2.22.